The van der Waals surface area contributed by atoms with Crippen LogP contribution in [0.1, 0.15) is 33.6 Å². The normalized spacial score (nSPS) is 17.4. The van der Waals surface area contributed by atoms with Gasteiger partial charge in [-0.1, -0.05) is 0 Å². The first kappa shape index (κ1) is 15.1. The number of rotatable bonds is 5. The highest BCUT2D eigenvalue weighted by molar-refractivity contribution is 5.66. The Bertz CT molecular complexity index is 411. The molecular weight excluding hydrogens is 248 g/mol. The van der Waals surface area contributed by atoms with Crippen LogP contribution in [-0.2, 0) is 0 Å². The van der Waals surface area contributed by atoms with Crippen LogP contribution in [0.3, 0.4) is 0 Å². The minimum atomic E-state index is 0.425. The molecule has 0 unspecified atom stereocenters. The largest absolute Gasteiger partial charge is 0.380 e. The molecule has 1 saturated heterocycles. The van der Waals surface area contributed by atoms with E-state index >= 15 is 0 Å². The molecule has 4 nitrogen and oxygen atoms in total. The lowest BCUT2D eigenvalue weighted by Crippen LogP contribution is -2.44. The van der Waals surface area contributed by atoms with Gasteiger partial charge in [0.15, 0.2) is 5.82 Å². The number of piperidine rings is 1. The first-order valence-corrected chi connectivity index (χ1v) is 7.78. The van der Waals surface area contributed by atoms with Crippen molar-refractivity contribution in [3.05, 3.63) is 18.3 Å². The molecule has 0 amide bonds. The van der Waals surface area contributed by atoms with Gasteiger partial charge in [0.25, 0.3) is 0 Å². The summed E-state index contributed by atoms with van der Waals surface area (Å²) in [6.45, 7) is 9.94. The highest BCUT2D eigenvalue weighted by Crippen LogP contribution is 2.28. The maximum Gasteiger partial charge on any atom is 0.152 e. The van der Waals surface area contributed by atoms with Crippen LogP contribution in [0, 0.1) is 0 Å². The lowest BCUT2D eigenvalue weighted by Gasteiger charge is -2.38. The van der Waals surface area contributed by atoms with Crippen molar-refractivity contribution in [2.75, 3.05) is 36.9 Å². The van der Waals surface area contributed by atoms with Gasteiger partial charge in [0.05, 0.1) is 5.69 Å². The van der Waals surface area contributed by atoms with Crippen LogP contribution in [0.15, 0.2) is 18.3 Å². The van der Waals surface area contributed by atoms with Crippen LogP contribution >= 0.6 is 0 Å². The third-order valence-corrected chi connectivity index (χ3v) is 3.97. The van der Waals surface area contributed by atoms with Crippen molar-refractivity contribution in [2.24, 2.45) is 0 Å². The molecular formula is C16H28N4. The van der Waals surface area contributed by atoms with Gasteiger partial charge in [-0.25, -0.2) is 4.98 Å². The SMILES string of the molecule is CCN(c1ncccc1NC(C)C)C1CCN(C)CC1. The van der Waals surface area contributed by atoms with Crippen LogP contribution in [0.5, 0.6) is 0 Å². The molecule has 0 bridgehead atoms. The minimum Gasteiger partial charge on any atom is -0.380 e. The second-order valence-electron chi connectivity index (χ2n) is 5.99. The molecule has 1 aliphatic rings. The molecule has 0 radical (unpaired) electrons. The van der Waals surface area contributed by atoms with Crippen molar-refractivity contribution in [3.8, 4) is 0 Å². The lowest BCUT2D eigenvalue weighted by atomic mass is 10.0. The molecule has 0 spiro atoms. The minimum absolute atomic E-state index is 0.425. The van der Waals surface area contributed by atoms with Crippen LogP contribution in [-0.4, -0.2) is 48.6 Å². The predicted octanol–water partition coefficient (Wildman–Crippen LogP) is 2.82. The molecule has 20 heavy (non-hydrogen) atoms. The molecule has 1 aliphatic heterocycles. The monoisotopic (exact) mass is 276 g/mol. The van der Waals surface area contributed by atoms with Gasteiger partial charge in [-0.3, -0.25) is 0 Å². The standard InChI is InChI=1S/C16H28N4/c1-5-20(14-8-11-19(4)12-9-14)16-15(18-13(2)3)7-6-10-17-16/h6-7,10,13-14,18H,5,8-9,11-12H2,1-4H3. The van der Waals surface area contributed by atoms with Gasteiger partial charge < -0.3 is 15.1 Å². The zero-order valence-electron chi connectivity index (χ0n) is 13.3. The summed E-state index contributed by atoms with van der Waals surface area (Å²) in [5, 5.41) is 3.52. The van der Waals surface area contributed by atoms with Crippen LogP contribution < -0.4 is 10.2 Å². The van der Waals surface area contributed by atoms with Crippen molar-refractivity contribution >= 4 is 11.5 Å². The summed E-state index contributed by atoms with van der Waals surface area (Å²) in [6, 6.07) is 5.18. The predicted molar refractivity (Wildman–Crippen MR) is 86.5 cm³/mol. The Kier molecular flexibility index (Phi) is 5.24. The lowest BCUT2D eigenvalue weighted by molar-refractivity contribution is 0.250. The van der Waals surface area contributed by atoms with Gasteiger partial charge >= 0.3 is 0 Å². The van der Waals surface area contributed by atoms with Gasteiger partial charge in [0.2, 0.25) is 0 Å². The van der Waals surface area contributed by atoms with Crippen LogP contribution in [0.4, 0.5) is 11.5 Å². The quantitative estimate of drug-likeness (QED) is 0.896. The van der Waals surface area contributed by atoms with Gasteiger partial charge in [0, 0.05) is 24.8 Å². The van der Waals surface area contributed by atoms with Crippen LogP contribution in [0.25, 0.3) is 0 Å². The van der Waals surface area contributed by atoms with E-state index in [0.29, 0.717) is 12.1 Å². The number of hydrogen-bond donors (Lipinski definition) is 1. The Balaban J connectivity index is 2.18. The molecule has 0 saturated carbocycles. The number of likely N-dealkylation sites (tertiary alicyclic amines) is 1. The molecule has 2 rings (SSSR count). The zero-order chi connectivity index (χ0) is 14.5. The van der Waals surface area contributed by atoms with Crippen LogP contribution in [0.2, 0.25) is 0 Å². The molecule has 112 valence electrons. The Morgan fingerprint density at radius 1 is 1.40 bits per heavy atom. The number of anilines is 2. The van der Waals surface area contributed by atoms with E-state index in [1.54, 1.807) is 0 Å². The number of hydrogen-bond acceptors (Lipinski definition) is 4. The summed E-state index contributed by atoms with van der Waals surface area (Å²) in [5.41, 5.74) is 1.16. The molecule has 2 heterocycles. The number of pyridine rings is 1. The highest BCUT2D eigenvalue weighted by atomic mass is 15.2. The summed E-state index contributed by atoms with van der Waals surface area (Å²) in [7, 11) is 2.21. The van der Waals surface area contributed by atoms with E-state index in [4.69, 9.17) is 0 Å². The molecule has 1 fully saturated rings. The number of nitrogens with zero attached hydrogens (tertiary/aromatic N) is 3. The fourth-order valence-electron chi connectivity index (χ4n) is 2.94. The first-order chi connectivity index (χ1) is 9.61. The average molecular weight is 276 g/mol. The molecule has 0 aliphatic carbocycles. The molecule has 1 N–H and O–H groups in total. The van der Waals surface area contributed by atoms with E-state index in [9.17, 15) is 0 Å². The Hall–Kier alpha value is -1.29. The Morgan fingerprint density at radius 2 is 2.10 bits per heavy atom. The maximum absolute atomic E-state index is 4.65. The topological polar surface area (TPSA) is 31.4 Å². The molecule has 1 aromatic heterocycles. The first-order valence-electron chi connectivity index (χ1n) is 7.78. The molecule has 4 heteroatoms. The van der Waals surface area contributed by atoms with Gasteiger partial charge in [-0.15, -0.1) is 0 Å². The summed E-state index contributed by atoms with van der Waals surface area (Å²) in [4.78, 5) is 9.53. The molecule has 0 aromatic carbocycles. The fraction of sp³-hybridized carbons (Fsp3) is 0.688. The summed E-state index contributed by atoms with van der Waals surface area (Å²) in [5.74, 6) is 1.11. The smallest absolute Gasteiger partial charge is 0.152 e. The van der Waals surface area contributed by atoms with E-state index in [1.807, 2.05) is 12.3 Å². The third-order valence-electron chi connectivity index (χ3n) is 3.97. The van der Waals surface area contributed by atoms with Crippen molar-refractivity contribution in [2.45, 2.75) is 45.7 Å². The van der Waals surface area contributed by atoms with E-state index in [1.165, 1.54) is 25.9 Å². The maximum atomic E-state index is 4.65. The van der Waals surface area contributed by atoms with E-state index in [-0.39, 0.29) is 0 Å². The zero-order valence-corrected chi connectivity index (χ0v) is 13.3. The van der Waals surface area contributed by atoms with Gasteiger partial charge in [0.1, 0.15) is 0 Å². The highest BCUT2D eigenvalue weighted by Gasteiger charge is 2.24. The van der Waals surface area contributed by atoms with Crippen molar-refractivity contribution in [1.29, 1.82) is 0 Å². The number of nitrogens with one attached hydrogen (secondary N) is 1. The van der Waals surface area contributed by atoms with Crippen molar-refractivity contribution in [3.63, 3.8) is 0 Å². The van der Waals surface area contributed by atoms with Gasteiger partial charge in [-0.2, -0.15) is 0 Å². The average Bonchev–Trinajstić information content (AvgIpc) is 2.43. The fourth-order valence-corrected chi connectivity index (χ4v) is 2.94. The summed E-state index contributed by atoms with van der Waals surface area (Å²) < 4.78 is 0. The third kappa shape index (κ3) is 3.63. The van der Waals surface area contributed by atoms with E-state index in [2.05, 4.69) is 54.0 Å². The van der Waals surface area contributed by atoms with Crippen molar-refractivity contribution < 1.29 is 0 Å². The second-order valence-corrected chi connectivity index (χ2v) is 5.99. The molecule has 1 aromatic rings. The summed E-state index contributed by atoms with van der Waals surface area (Å²) >= 11 is 0. The Labute approximate surface area is 123 Å². The second kappa shape index (κ2) is 6.93. The van der Waals surface area contributed by atoms with E-state index < -0.39 is 0 Å². The van der Waals surface area contributed by atoms with E-state index in [0.717, 1.165) is 18.1 Å². The van der Waals surface area contributed by atoms with Gasteiger partial charge in [-0.05, 0) is 65.9 Å². The Morgan fingerprint density at radius 3 is 2.70 bits per heavy atom. The van der Waals surface area contributed by atoms with Crippen molar-refractivity contribution in [1.82, 2.24) is 9.88 Å². The summed E-state index contributed by atoms with van der Waals surface area (Å²) in [6.07, 6.45) is 4.35. The molecule has 0 atom stereocenters. The number of aromatic nitrogens is 1.